The lowest BCUT2D eigenvalue weighted by atomic mass is 9.83. The van der Waals surface area contributed by atoms with Gasteiger partial charge in [0.15, 0.2) is 0 Å². The molecule has 0 aromatic carbocycles. The van der Waals surface area contributed by atoms with Crippen molar-refractivity contribution in [2.24, 2.45) is 5.41 Å². The standard InChI is InChI=1S/C13H25NOS/c1-5-13(6-2,10-15)9-14-7-11(3)16-12(4)8-14/h10-12H,5-9H2,1-4H3. The minimum absolute atomic E-state index is 0.110. The number of hydrogen-bond donors (Lipinski definition) is 0. The first-order valence-electron chi connectivity index (χ1n) is 6.39. The first-order valence-corrected chi connectivity index (χ1v) is 7.33. The van der Waals surface area contributed by atoms with E-state index in [4.69, 9.17) is 0 Å². The summed E-state index contributed by atoms with van der Waals surface area (Å²) in [6, 6.07) is 0. The molecule has 2 atom stereocenters. The number of carbonyl (C=O) groups excluding carboxylic acids is 1. The van der Waals surface area contributed by atoms with Crippen LogP contribution in [0.2, 0.25) is 0 Å². The third-order valence-electron chi connectivity index (χ3n) is 3.69. The third-order valence-corrected chi connectivity index (χ3v) is 4.92. The highest BCUT2D eigenvalue weighted by Crippen LogP contribution is 2.30. The summed E-state index contributed by atoms with van der Waals surface area (Å²) in [6.07, 6.45) is 3.10. The molecule has 0 radical (unpaired) electrons. The van der Waals surface area contributed by atoms with Crippen LogP contribution in [0.25, 0.3) is 0 Å². The van der Waals surface area contributed by atoms with Crippen molar-refractivity contribution in [2.75, 3.05) is 19.6 Å². The van der Waals surface area contributed by atoms with E-state index in [0.29, 0.717) is 10.5 Å². The van der Waals surface area contributed by atoms with E-state index in [9.17, 15) is 4.79 Å². The summed E-state index contributed by atoms with van der Waals surface area (Å²) < 4.78 is 0. The fourth-order valence-electron chi connectivity index (χ4n) is 2.54. The lowest BCUT2D eigenvalue weighted by Gasteiger charge is -2.39. The lowest BCUT2D eigenvalue weighted by molar-refractivity contribution is -0.117. The van der Waals surface area contributed by atoms with Gasteiger partial charge in [0, 0.05) is 35.5 Å². The normalized spacial score (nSPS) is 28.0. The summed E-state index contributed by atoms with van der Waals surface area (Å²) in [5, 5.41) is 1.39. The van der Waals surface area contributed by atoms with Gasteiger partial charge in [0.05, 0.1) is 0 Å². The van der Waals surface area contributed by atoms with Crippen LogP contribution in [-0.4, -0.2) is 41.3 Å². The van der Waals surface area contributed by atoms with Gasteiger partial charge >= 0.3 is 0 Å². The number of hydrogen-bond acceptors (Lipinski definition) is 3. The lowest BCUT2D eigenvalue weighted by Crippen LogP contribution is -2.46. The van der Waals surface area contributed by atoms with Crippen molar-refractivity contribution in [2.45, 2.75) is 51.0 Å². The van der Waals surface area contributed by atoms with Crippen molar-refractivity contribution < 1.29 is 4.79 Å². The topological polar surface area (TPSA) is 20.3 Å². The molecule has 1 aliphatic heterocycles. The molecule has 0 saturated carbocycles. The minimum atomic E-state index is -0.110. The largest absolute Gasteiger partial charge is 0.303 e. The molecule has 2 unspecified atom stereocenters. The molecule has 1 rings (SSSR count). The predicted octanol–water partition coefficient (Wildman–Crippen LogP) is 2.82. The highest BCUT2D eigenvalue weighted by molar-refractivity contribution is 8.00. The highest BCUT2D eigenvalue weighted by Gasteiger charge is 2.31. The second-order valence-electron chi connectivity index (χ2n) is 5.14. The predicted molar refractivity (Wildman–Crippen MR) is 72.0 cm³/mol. The van der Waals surface area contributed by atoms with Crippen LogP contribution < -0.4 is 0 Å². The summed E-state index contributed by atoms with van der Waals surface area (Å²) in [5.41, 5.74) is -0.110. The van der Waals surface area contributed by atoms with Gasteiger partial charge in [0.1, 0.15) is 6.29 Å². The van der Waals surface area contributed by atoms with Gasteiger partial charge in [-0.2, -0.15) is 11.8 Å². The first-order chi connectivity index (χ1) is 7.55. The van der Waals surface area contributed by atoms with E-state index in [0.717, 1.165) is 32.5 Å². The molecule has 1 heterocycles. The van der Waals surface area contributed by atoms with E-state index in [2.05, 4.69) is 44.4 Å². The average Bonchev–Trinajstić information content (AvgIpc) is 2.25. The fourth-order valence-corrected chi connectivity index (χ4v) is 3.92. The van der Waals surface area contributed by atoms with E-state index in [1.807, 2.05) is 0 Å². The second-order valence-corrected chi connectivity index (χ2v) is 7.02. The van der Waals surface area contributed by atoms with Gasteiger partial charge in [-0.1, -0.05) is 27.7 Å². The molecule has 3 heteroatoms. The number of thioether (sulfide) groups is 1. The van der Waals surface area contributed by atoms with Crippen molar-refractivity contribution >= 4 is 18.0 Å². The van der Waals surface area contributed by atoms with Crippen LogP contribution in [0.4, 0.5) is 0 Å². The van der Waals surface area contributed by atoms with Crippen LogP contribution in [0.3, 0.4) is 0 Å². The van der Waals surface area contributed by atoms with E-state index in [1.54, 1.807) is 0 Å². The molecule has 0 aromatic rings. The molecule has 2 nitrogen and oxygen atoms in total. The third kappa shape index (κ3) is 3.49. The minimum Gasteiger partial charge on any atom is -0.303 e. The maximum absolute atomic E-state index is 11.3. The molecule has 0 N–H and O–H groups in total. The van der Waals surface area contributed by atoms with Crippen molar-refractivity contribution in [3.63, 3.8) is 0 Å². The highest BCUT2D eigenvalue weighted by atomic mass is 32.2. The van der Waals surface area contributed by atoms with Gasteiger partial charge in [-0.05, 0) is 12.8 Å². The molecule has 0 bridgehead atoms. The molecule has 0 aromatic heterocycles. The molecule has 0 aliphatic carbocycles. The van der Waals surface area contributed by atoms with Gasteiger partial charge in [0.2, 0.25) is 0 Å². The van der Waals surface area contributed by atoms with Crippen LogP contribution >= 0.6 is 11.8 Å². The second kappa shape index (κ2) is 6.06. The zero-order valence-corrected chi connectivity index (χ0v) is 11.8. The average molecular weight is 243 g/mol. The molecule has 16 heavy (non-hydrogen) atoms. The Morgan fingerprint density at radius 1 is 1.25 bits per heavy atom. The van der Waals surface area contributed by atoms with Crippen molar-refractivity contribution in [3.8, 4) is 0 Å². The van der Waals surface area contributed by atoms with Crippen LogP contribution in [0.15, 0.2) is 0 Å². The first kappa shape index (κ1) is 14.0. The molecule has 94 valence electrons. The molecule has 1 saturated heterocycles. The van der Waals surface area contributed by atoms with Crippen LogP contribution in [0, 0.1) is 5.41 Å². The van der Waals surface area contributed by atoms with Crippen LogP contribution in [0.5, 0.6) is 0 Å². The summed E-state index contributed by atoms with van der Waals surface area (Å²) in [4.78, 5) is 13.8. The Hall–Kier alpha value is -0.0200. The van der Waals surface area contributed by atoms with Gasteiger partial charge in [-0.15, -0.1) is 0 Å². The Bertz CT molecular complexity index is 218. The van der Waals surface area contributed by atoms with Crippen molar-refractivity contribution in [1.29, 1.82) is 0 Å². The van der Waals surface area contributed by atoms with E-state index < -0.39 is 0 Å². The fraction of sp³-hybridized carbons (Fsp3) is 0.923. The SMILES string of the molecule is CCC(C=O)(CC)CN1CC(C)SC(C)C1. The molecular formula is C13H25NOS. The van der Waals surface area contributed by atoms with Gasteiger partial charge in [-0.25, -0.2) is 0 Å². The van der Waals surface area contributed by atoms with E-state index in [-0.39, 0.29) is 5.41 Å². The maximum atomic E-state index is 11.3. The summed E-state index contributed by atoms with van der Waals surface area (Å²) in [7, 11) is 0. The Morgan fingerprint density at radius 3 is 2.12 bits per heavy atom. The van der Waals surface area contributed by atoms with Crippen LogP contribution in [-0.2, 0) is 4.79 Å². The van der Waals surface area contributed by atoms with Crippen molar-refractivity contribution in [3.05, 3.63) is 0 Å². The number of aldehydes is 1. The maximum Gasteiger partial charge on any atom is 0.127 e. The quantitative estimate of drug-likeness (QED) is 0.693. The Kier molecular flexibility index (Phi) is 5.32. The Balaban J connectivity index is 2.60. The summed E-state index contributed by atoms with van der Waals surface area (Å²) in [5.74, 6) is 0. The summed E-state index contributed by atoms with van der Waals surface area (Å²) >= 11 is 2.06. The number of carbonyl (C=O) groups is 1. The Labute approximate surface area is 104 Å². The van der Waals surface area contributed by atoms with Crippen molar-refractivity contribution in [1.82, 2.24) is 4.90 Å². The van der Waals surface area contributed by atoms with Crippen LogP contribution in [0.1, 0.15) is 40.5 Å². The molecule has 0 spiro atoms. The number of nitrogens with zero attached hydrogens (tertiary/aromatic N) is 1. The van der Waals surface area contributed by atoms with Gasteiger partial charge in [-0.3, -0.25) is 0 Å². The molecular weight excluding hydrogens is 218 g/mol. The Morgan fingerprint density at radius 2 is 1.75 bits per heavy atom. The monoisotopic (exact) mass is 243 g/mol. The summed E-state index contributed by atoms with van der Waals surface area (Å²) in [6.45, 7) is 12.0. The molecule has 1 aliphatic rings. The number of rotatable bonds is 5. The van der Waals surface area contributed by atoms with E-state index in [1.165, 1.54) is 6.29 Å². The zero-order chi connectivity index (χ0) is 12.2. The zero-order valence-electron chi connectivity index (χ0n) is 11.0. The smallest absolute Gasteiger partial charge is 0.127 e. The van der Waals surface area contributed by atoms with E-state index >= 15 is 0 Å². The molecule has 1 fully saturated rings. The van der Waals surface area contributed by atoms with Gasteiger partial charge < -0.3 is 9.69 Å². The molecule has 0 amide bonds. The van der Waals surface area contributed by atoms with Gasteiger partial charge in [0.25, 0.3) is 0 Å².